The Morgan fingerprint density at radius 1 is 1.19 bits per heavy atom. The normalized spacial score (nSPS) is 12.5. The van der Waals surface area contributed by atoms with E-state index in [1.54, 1.807) is 13.0 Å². The van der Waals surface area contributed by atoms with E-state index in [0.29, 0.717) is 10.7 Å². The molecule has 0 aliphatic carbocycles. The van der Waals surface area contributed by atoms with Crippen LogP contribution in [0.5, 0.6) is 0 Å². The molecule has 0 heterocycles. The molecule has 0 saturated carbocycles. The van der Waals surface area contributed by atoms with Crippen molar-refractivity contribution in [2.45, 2.75) is 19.4 Å². The second-order valence-electron chi connectivity index (χ2n) is 5.57. The van der Waals surface area contributed by atoms with Crippen LogP contribution in [0.1, 0.15) is 13.3 Å². The van der Waals surface area contributed by atoms with Crippen LogP contribution in [-0.2, 0) is 14.8 Å². The molecule has 2 aromatic rings. The van der Waals surface area contributed by atoms with Crippen LogP contribution in [0.15, 0.2) is 42.5 Å². The van der Waals surface area contributed by atoms with Crippen molar-refractivity contribution in [3.8, 4) is 0 Å². The molecule has 2 rings (SSSR count). The number of sulfonamides is 1. The Morgan fingerprint density at radius 2 is 1.81 bits per heavy atom. The topological polar surface area (TPSA) is 66.5 Å². The molecule has 1 amide bonds. The smallest absolute Gasteiger partial charge is 0.248 e. The maximum Gasteiger partial charge on any atom is 0.248 e. The van der Waals surface area contributed by atoms with E-state index in [0.717, 1.165) is 22.7 Å². The molecule has 2 aromatic carbocycles. The zero-order valence-electron chi connectivity index (χ0n) is 14.0. The molecule has 140 valence electrons. The van der Waals surface area contributed by atoms with Gasteiger partial charge in [-0.25, -0.2) is 12.8 Å². The predicted octanol–water partition coefficient (Wildman–Crippen LogP) is 4.32. The van der Waals surface area contributed by atoms with Gasteiger partial charge in [0.25, 0.3) is 0 Å². The van der Waals surface area contributed by atoms with Gasteiger partial charge in [0.2, 0.25) is 15.9 Å². The summed E-state index contributed by atoms with van der Waals surface area (Å²) in [6, 6.07) is 8.39. The number of carbonyl (C=O) groups is 1. The molecular weight excluding hydrogens is 402 g/mol. The first-order valence-electron chi connectivity index (χ1n) is 7.64. The molecule has 0 aromatic heterocycles. The summed E-state index contributed by atoms with van der Waals surface area (Å²) in [5, 5.41) is 3.25. The van der Waals surface area contributed by atoms with E-state index in [1.165, 1.54) is 24.3 Å². The fraction of sp³-hybridized carbons (Fsp3) is 0.235. The van der Waals surface area contributed by atoms with Gasteiger partial charge in [0, 0.05) is 5.02 Å². The van der Waals surface area contributed by atoms with Crippen LogP contribution < -0.4 is 9.62 Å². The first-order chi connectivity index (χ1) is 12.1. The van der Waals surface area contributed by atoms with E-state index in [2.05, 4.69) is 5.32 Å². The highest BCUT2D eigenvalue weighted by molar-refractivity contribution is 7.92. The SMILES string of the molecule is CC[C@@H](C(=O)Nc1ccc(Cl)cc1Cl)N(c1ccc(F)cc1)S(C)(=O)=O. The lowest BCUT2D eigenvalue weighted by Gasteiger charge is -2.30. The maximum absolute atomic E-state index is 13.2. The average molecular weight is 419 g/mol. The number of hydrogen-bond acceptors (Lipinski definition) is 3. The zero-order valence-corrected chi connectivity index (χ0v) is 16.4. The Bertz CT molecular complexity index is 905. The highest BCUT2D eigenvalue weighted by Crippen LogP contribution is 2.27. The summed E-state index contributed by atoms with van der Waals surface area (Å²) >= 11 is 11.9. The number of hydrogen-bond donors (Lipinski definition) is 1. The molecule has 0 aliphatic rings. The van der Waals surface area contributed by atoms with Gasteiger partial charge in [-0.2, -0.15) is 0 Å². The fourth-order valence-corrected chi connectivity index (χ4v) is 4.12. The van der Waals surface area contributed by atoms with Crippen LogP contribution in [0.4, 0.5) is 15.8 Å². The third-order valence-electron chi connectivity index (χ3n) is 3.60. The highest BCUT2D eigenvalue weighted by Gasteiger charge is 2.31. The van der Waals surface area contributed by atoms with Gasteiger partial charge in [-0.3, -0.25) is 9.10 Å². The molecule has 0 aliphatic heterocycles. The standard InChI is InChI=1S/C17H17Cl2FN2O3S/c1-3-16(17(23)21-15-9-4-11(18)10-14(15)19)22(26(2,24)25)13-7-5-12(20)6-8-13/h4-10,16H,3H2,1-2H3,(H,21,23)/t16-/m0/s1. The number of nitrogens with one attached hydrogen (secondary N) is 1. The van der Waals surface area contributed by atoms with Gasteiger partial charge in [-0.15, -0.1) is 0 Å². The quantitative estimate of drug-likeness (QED) is 0.759. The van der Waals surface area contributed by atoms with Crippen LogP contribution in [0.3, 0.4) is 0 Å². The largest absolute Gasteiger partial charge is 0.323 e. The lowest BCUT2D eigenvalue weighted by molar-refractivity contribution is -0.117. The first kappa shape index (κ1) is 20.5. The summed E-state index contributed by atoms with van der Waals surface area (Å²) in [6.07, 6.45) is 1.18. The van der Waals surface area contributed by atoms with Gasteiger partial charge in [0.05, 0.1) is 22.7 Å². The Kier molecular flexibility index (Phi) is 6.49. The number of halogens is 3. The average Bonchev–Trinajstić information content (AvgIpc) is 2.55. The first-order valence-corrected chi connectivity index (χ1v) is 10.2. The molecule has 0 fully saturated rings. The van der Waals surface area contributed by atoms with Gasteiger partial charge >= 0.3 is 0 Å². The number of anilines is 2. The van der Waals surface area contributed by atoms with Crippen LogP contribution >= 0.6 is 23.2 Å². The van der Waals surface area contributed by atoms with Crippen LogP contribution in [0.25, 0.3) is 0 Å². The Balaban J connectivity index is 2.38. The summed E-state index contributed by atoms with van der Waals surface area (Å²) in [5.41, 5.74) is 0.505. The minimum Gasteiger partial charge on any atom is -0.323 e. The van der Waals surface area contributed by atoms with Crippen molar-refractivity contribution in [3.05, 3.63) is 58.3 Å². The molecule has 0 radical (unpaired) electrons. The van der Waals surface area contributed by atoms with Crippen molar-refractivity contribution in [1.82, 2.24) is 0 Å². The Labute approximate surface area is 161 Å². The van der Waals surface area contributed by atoms with E-state index in [1.807, 2.05) is 0 Å². The molecule has 0 unspecified atom stereocenters. The van der Waals surface area contributed by atoms with Crippen molar-refractivity contribution in [2.75, 3.05) is 15.9 Å². The Morgan fingerprint density at radius 3 is 2.31 bits per heavy atom. The van der Waals surface area contributed by atoms with Crippen molar-refractivity contribution in [1.29, 1.82) is 0 Å². The van der Waals surface area contributed by atoms with Crippen LogP contribution in [0, 0.1) is 5.82 Å². The predicted molar refractivity (Wildman–Crippen MR) is 103 cm³/mol. The van der Waals surface area contributed by atoms with E-state index in [9.17, 15) is 17.6 Å². The van der Waals surface area contributed by atoms with Crippen molar-refractivity contribution >= 4 is 50.5 Å². The van der Waals surface area contributed by atoms with E-state index < -0.39 is 27.8 Å². The molecule has 0 spiro atoms. The highest BCUT2D eigenvalue weighted by atomic mass is 35.5. The second-order valence-corrected chi connectivity index (χ2v) is 8.28. The summed E-state index contributed by atoms with van der Waals surface area (Å²) in [4.78, 5) is 12.7. The molecule has 26 heavy (non-hydrogen) atoms. The number of rotatable bonds is 6. The van der Waals surface area contributed by atoms with E-state index in [4.69, 9.17) is 23.2 Å². The molecule has 0 bridgehead atoms. The third kappa shape index (κ3) is 4.87. The lowest BCUT2D eigenvalue weighted by Crippen LogP contribution is -2.47. The molecule has 1 N–H and O–H groups in total. The zero-order chi connectivity index (χ0) is 19.5. The monoisotopic (exact) mass is 418 g/mol. The van der Waals surface area contributed by atoms with E-state index in [-0.39, 0.29) is 17.1 Å². The summed E-state index contributed by atoms with van der Waals surface area (Å²) in [7, 11) is -3.80. The van der Waals surface area contributed by atoms with Gasteiger partial charge < -0.3 is 5.32 Å². The van der Waals surface area contributed by atoms with Gasteiger partial charge in [0.15, 0.2) is 0 Å². The maximum atomic E-state index is 13.2. The summed E-state index contributed by atoms with van der Waals surface area (Å²) < 4.78 is 38.7. The van der Waals surface area contributed by atoms with Crippen molar-refractivity contribution in [3.63, 3.8) is 0 Å². The number of benzene rings is 2. The van der Waals surface area contributed by atoms with Gasteiger partial charge in [-0.1, -0.05) is 30.1 Å². The lowest BCUT2D eigenvalue weighted by atomic mass is 10.1. The molecular formula is C17H17Cl2FN2O3S. The molecule has 0 saturated heterocycles. The van der Waals surface area contributed by atoms with Gasteiger partial charge in [-0.05, 0) is 48.9 Å². The second kappa shape index (κ2) is 8.24. The minimum atomic E-state index is -3.80. The van der Waals surface area contributed by atoms with Crippen LogP contribution in [0.2, 0.25) is 10.0 Å². The molecule has 1 atom stereocenters. The number of nitrogens with zero attached hydrogens (tertiary/aromatic N) is 1. The third-order valence-corrected chi connectivity index (χ3v) is 5.33. The summed E-state index contributed by atoms with van der Waals surface area (Å²) in [6.45, 7) is 1.68. The molecule has 5 nitrogen and oxygen atoms in total. The number of amides is 1. The van der Waals surface area contributed by atoms with Gasteiger partial charge in [0.1, 0.15) is 11.9 Å². The van der Waals surface area contributed by atoms with Crippen LogP contribution in [-0.4, -0.2) is 26.6 Å². The number of carbonyl (C=O) groups excluding carboxylic acids is 1. The minimum absolute atomic E-state index is 0.193. The van der Waals surface area contributed by atoms with E-state index >= 15 is 0 Å². The summed E-state index contributed by atoms with van der Waals surface area (Å²) in [5.74, 6) is -1.07. The fourth-order valence-electron chi connectivity index (χ4n) is 2.46. The van der Waals surface area contributed by atoms with Crippen molar-refractivity contribution < 1.29 is 17.6 Å². The molecule has 9 heteroatoms. The van der Waals surface area contributed by atoms with Crippen molar-refractivity contribution in [2.24, 2.45) is 0 Å². The Hall–Kier alpha value is -1.83.